The van der Waals surface area contributed by atoms with E-state index in [2.05, 4.69) is 10.2 Å². The minimum absolute atomic E-state index is 0.466. The molecule has 0 aliphatic rings. The molecule has 0 bridgehead atoms. The average molecular weight is 290 g/mol. The molecule has 3 aromatic rings. The molecule has 0 atom stereocenters. The van der Waals surface area contributed by atoms with Gasteiger partial charge >= 0.3 is 0 Å². The molecule has 0 amide bonds. The Hall–Kier alpha value is -1.84. The number of halogens is 2. The molecule has 5 heteroatoms. The molecule has 94 valence electrons. The Morgan fingerprint density at radius 2 is 1.68 bits per heavy atom. The maximum absolute atomic E-state index is 6.16. The van der Waals surface area contributed by atoms with Gasteiger partial charge in [0.05, 0.1) is 21.2 Å². The Bertz CT molecular complexity index is 772. The molecule has 0 spiro atoms. The Labute approximate surface area is 120 Å². The third kappa shape index (κ3) is 2.11. The van der Waals surface area contributed by atoms with E-state index in [4.69, 9.17) is 28.9 Å². The predicted octanol–water partition coefficient (Wildman–Crippen LogP) is 4.19. The lowest BCUT2D eigenvalue weighted by Gasteiger charge is -2.08. The van der Waals surface area contributed by atoms with Crippen LogP contribution >= 0.6 is 23.2 Å². The molecule has 0 saturated heterocycles. The molecule has 0 saturated carbocycles. The summed E-state index contributed by atoms with van der Waals surface area (Å²) < 4.78 is 0. The second kappa shape index (κ2) is 4.68. The van der Waals surface area contributed by atoms with Crippen LogP contribution in [-0.2, 0) is 0 Å². The van der Waals surface area contributed by atoms with E-state index < -0.39 is 0 Å². The molecule has 0 aliphatic heterocycles. The molecule has 1 aromatic heterocycles. The van der Waals surface area contributed by atoms with E-state index in [1.165, 1.54) is 0 Å². The van der Waals surface area contributed by atoms with Crippen molar-refractivity contribution in [3.05, 3.63) is 52.5 Å². The van der Waals surface area contributed by atoms with E-state index in [9.17, 15) is 0 Å². The van der Waals surface area contributed by atoms with Gasteiger partial charge in [-0.1, -0.05) is 47.5 Å². The summed E-state index contributed by atoms with van der Waals surface area (Å²) in [6.07, 6.45) is 0. The monoisotopic (exact) mass is 289 g/mol. The average Bonchev–Trinajstić information content (AvgIpc) is 2.43. The van der Waals surface area contributed by atoms with Crippen molar-refractivity contribution in [3.8, 4) is 11.3 Å². The van der Waals surface area contributed by atoms with Crippen molar-refractivity contribution >= 4 is 39.8 Å². The highest BCUT2D eigenvalue weighted by atomic mass is 35.5. The quantitative estimate of drug-likeness (QED) is 0.731. The Kier molecular flexibility index (Phi) is 3.01. The van der Waals surface area contributed by atoms with Crippen molar-refractivity contribution < 1.29 is 0 Å². The van der Waals surface area contributed by atoms with Crippen LogP contribution in [0.1, 0.15) is 0 Å². The minimum atomic E-state index is 0.466. The number of benzene rings is 2. The highest BCUT2D eigenvalue weighted by Gasteiger charge is 2.10. The number of rotatable bonds is 1. The van der Waals surface area contributed by atoms with E-state index >= 15 is 0 Å². The fraction of sp³-hybridized carbons (Fsp3) is 0. The van der Waals surface area contributed by atoms with Crippen molar-refractivity contribution in [3.63, 3.8) is 0 Å². The number of nitrogens with two attached hydrogens (primary N) is 1. The van der Waals surface area contributed by atoms with Crippen LogP contribution in [0.2, 0.25) is 10.0 Å². The molecule has 1 heterocycles. The lowest BCUT2D eigenvalue weighted by atomic mass is 10.1. The molecule has 0 fully saturated rings. The summed E-state index contributed by atoms with van der Waals surface area (Å²) in [5, 5.41) is 10.2. The predicted molar refractivity (Wildman–Crippen MR) is 79.4 cm³/mol. The first-order valence-electron chi connectivity index (χ1n) is 5.63. The normalized spacial score (nSPS) is 10.8. The number of nitrogen functional groups attached to an aromatic ring is 1. The largest absolute Gasteiger partial charge is 0.396 e. The van der Waals surface area contributed by atoms with Crippen LogP contribution in [0.15, 0.2) is 42.5 Å². The van der Waals surface area contributed by atoms with Crippen LogP contribution < -0.4 is 5.73 Å². The maximum atomic E-state index is 6.16. The molecule has 0 aliphatic carbocycles. The van der Waals surface area contributed by atoms with Gasteiger partial charge in [0, 0.05) is 10.9 Å². The Balaban J connectivity index is 2.25. The van der Waals surface area contributed by atoms with E-state index in [0.29, 0.717) is 21.4 Å². The van der Waals surface area contributed by atoms with Gasteiger partial charge in [-0.2, -0.15) is 0 Å². The molecule has 19 heavy (non-hydrogen) atoms. The molecule has 0 unspecified atom stereocenters. The van der Waals surface area contributed by atoms with Gasteiger partial charge in [0.25, 0.3) is 0 Å². The topological polar surface area (TPSA) is 51.8 Å². The van der Waals surface area contributed by atoms with E-state index in [1.54, 1.807) is 12.1 Å². The molecule has 3 nitrogen and oxygen atoms in total. The maximum Gasteiger partial charge on any atom is 0.117 e. The highest BCUT2D eigenvalue weighted by Crippen LogP contribution is 2.32. The standard InChI is InChI=1S/C14H9Cl2N3/c15-10-6-5-8(7-11(10)16)14-13(17)9-3-1-2-4-12(9)18-19-14/h1-7H,(H2,17,18). The zero-order valence-electron chi connectivity index (χ0n) is 9.77. The number of fused-ring (bicyclic) bond motifs is 1. The lowest BCUT2D eigenvalue weighted by molar-refractivity contribution is 1.08. The number of hydrogen-bond donors (Lipinski definition) is 1. The second-order valence-corrected chi connectivity index (χ2v) is 4.92. The molecule has 2 aromatic carbocycles. The number of anilines is 1. The lowest BCUT2D eigenvalue weighted by Crippen LogP contribution is -1.97. The van der Waals surface area contributed by atoms with Gasteiger partial charge in [0.1, 0.15) is 5.69 Å². The molecular formula is C14H9Cl2N3. The van der Waals surface area contributed by atoms with E-state index in [-0.39, 0.29) is 0 Å². The zero-order chi connectivity index (χ0) is 13.4. The van der Waals surface area contributed by atoms with Crippen LogP contribution in [0.25, 0.3) is 22.2 Å². The van der Waals surface area contributed by atoms with E-state index in [1.807, 2.05) is 30.3 Å². The van der Waals surface area contributed by atoms with Gasteiger partial charge in [-0.15, -0.1) is 10.2 Å². The summed E-state index contributed by atoms with van der Waals surface area (Å²) in [5.74, 6) is 0. The summed E-state index contributed by atoms with van der Waals surface area (Å²) in [4.78, 5) is 0. The minimum Gasteiger partial charge on any atom is -0.396 e. The van der Waals surface area contributed by atoms with Crippen molar-refractivity contribution in [2.75, 3.05) is 5.73 Å². The molecule has 2 N–H and O–H groups in total. The number of nitrogens with zero attached hydrogens (tertiary/aromatic N) is 2. The number of hydrogen-bond acceptors (Lipinski definition) is 3. The zero-order valence-corrected chi connectivity index (χ0v) is 11.3. The smallest absolute Gasteiger partial charge is 0.117 e. The van der Waals surface area contributed by atoms with Crippen molar-refractivity contribution in [2.24, 2.45) is 0 Å². The summed E-state index contributed by atoms with van der Waals surface area (Å²) in [7, 11) is 0. The molecule has 0 radical (unpaired) electrons. The first kappa shape index (κ1) is 12.2. The van der Waals surface area contributed by atoms with Crippen LogP contribution in [0.3, 0.4) is 0 Å². The van der Waals surface area contributed by atoms with Gasteiger partial charge < -0.3 is 5.73 Å². The van der Waals surface area contributed by atoms with E-state index in [0.717, 1.165) is 16.5 Å². The summed E-state index contributed by atoms with van der Waals surface area (Å²) in [6.45, 7) is 0. The number of aromatic nitrogens is 2. The third-order valence-electron chi connectivity index (χ3n) is 2.90. The van der Waals surface area contributed by atoms with Crippen molar-refractivity contribution in [2.45, 2.75) is 0 Å². The third-order valence-corrected chi connectivity index (χ3v) is 3.64. The highest BCUT2D eigenvalue weighted by molar-refractivity contribution is 6.42. The Morgan fingerprint density at radius 3 is 2.47 bits per heavy atom. The first-order valence-corrected chi connectivity index (χ1v) is 6.39. The first-order chi connectivity index (χ1) is 9.16. The van der Waals surface area contributed by atoms with Crippen molar-refractivity contribution in [1.29, 1.82) is 0 Å². The Morgan fingerprint density at radius 1 is 0.895 bits per heavy atom. The van der Waals surface area contributed by atoms with Crippen LogP contribution in [-0.4, -0.2) is 10.2 Å². The second-order valence-electron chi connectivity index (χ2n) is 4.11. The summed E-state index contributed by atoms with van der Waals surface area (Å²) in [6, 6.07) is 12.9. The molecular weight excluding hydrogens is 281 g/mol. The fourth-order valence-electron chi connectivity index (χ4n) is 1.93. The summed E-state index contributed by atoms with van der Waals surface area (Å²) >= 11 is 11.9. The van der Waals surface area contributed by atoms with Gasteiger partial charge in [0.15, 0.2) is 0 Å². The van der Waals surface area contributed by atoms with Gasteiger partial charge in [-0.25, -0.2) is 0 Å². The van der Waals surface area contributed by atoms with Gasteiger partial charge in [0.2, 0.25) is 0 Å². The molecule has 3 rings (SSSR count). The fourth-order valence-corrected chi connectivity index (χ4v) is 2.23. The van der Waals surface area contributed by atoms with Crippen LogP contribution in [0, 0.1) is 0 Å². The van der Waals surface area contributed by atoms with Gasteiger partial charge in [-0.3, -0.25) is 0 Å². The SMILES string of the molecule is Nc1c(-c2ccc(Cl)c(Cl)c2)nnc2ccccc12. The van der Waals surface area contributed by atoms with Crippen LogP contribution in [0.5, 0.6) is 0 Å². The van der Waals surface area contributed by atoms with Gasteiger partial charge in [-0.05, 0) is 18.2 Å². The summed E-state index contributed by atoms with van der Waals surface area (Å²) in [5.41, 5.74) is 8.92. The van der Waals surface area contributed by atoms with Crippen molar-refractivity contribution in [1.82, 2.24) is 10.2 Å². The van der Waals surface area contributed by atoms with Crippen LogP contribution in [0.4, 0.5) is 5.69 Å².